The van der Waals surface area contributed by atoms with Gasteiger partial charge in [0.2, 0.25) is 0 Å². The van der Waals surface area contributed by atoms with Crippen molar-refractivity contribution in [3.8, 4) is 0 Å². The molecule has 3 heteroatoms. The average molecular weight is 229 g/mol. The van der Waals surface area contributed by atoms with E-state index in [1.807, 2.05) is 6.07 Å². The lowest BCUT2D eigenvalue weighted by Gasteiger charge is -2.09. The number of hydrogen-bond donors (Lipinski definition) is 0. The summed E-state index contributed by atoms with van der Waals surface area (Å²) in [7, 11) is 0. The van der Waals surface area contributed by atoms with Crippen molar-refractivity contribution in [3.63, 3.8) is 0 Å². The second kappa shape index (κ2) is 4.24. The molecule has 2 fully saturated rings. The summed E-state index contributed by atoms with van der Waals surface area (Å²) >= 11 is 0. The molecule has 2 aliphatic rings. The molecule has 0 radical (unpaired) electrons. The van der Waals surface area contributed by atoms with E-state index in [-0.39, 0.29) is 6.09 Å². The zero-order valence-electron chi connectivity index (χ0n) is 9.63. The van der Waals surface area contributed by atoms with Crippen molar-refractivity contribution in [2.45, 2.75) is 25.3 Å². The number of hydrogen-bond acceptors (Lipinski definition) is 2. The van der Waals surface area contributed by atoms with Crippen LogP contribution in [-0.4, -0.2) is 23.6 Å². The van der Waals surface area contributed by atoms with Crippen LogP contribution >= 0.6 is 0 Å². The predicted octanol–water partition coefficient (Wildman–Crippen LogP) is 2.73. The Hall–Kier alpha value is -1.77. The van der Waals surface area contributed by atoms with Gasteiger partial charge in [0.1, 0.15) is 0 Å². The van der Waals surface area contributed by atoms with Crippen LogP contribution in [0.2, 0.25) is 0 Å². The van der Waals surface area contributed by atoms with Gasteiger partial charge in [-0.25, -0.2) is 4.79 Å². The van der Waals surface area contributed by atoms with Crippen LogP contribution in [0.25, 0.3) is 0 Å². The molecule has 1 atom stereocenters. The Morgan fingerprint density at radius 3 is 2.94 bits per heavy atom. The molecule has 3 nitrogen and oxygen atoms in total. The van der Waals surface area contributed by atoms with Crippen LogP contribution in [0.15, 0.2) is 42.1 Å². The maximum atomic E-state index is 11.3. The van der Waals surface area contributed by atoms with Crippen molar-refractivity contribution in [1.82, 2.24) is 4.90 Å². The second-order valence-electron chi connectivity index (χ2n) is 4.44. The molecular formula is C14H15NO2. The Balaban J connectivity index is 1.57. The molecule has 88 valence electrons. The molecule has 1 amide bonds. The van der Waals surface area contributed by atoms with Crippen molar-refractivity contribution >= 4 is 6.09 Å². The topological polar surface area (TPSA) is 29.3 Å². The molecule has 17 heavy (non-hydrogen) atoms. The van der Waals surface area contributed by atoms with Crippen LogP contribution in [0.5, 0.6) is 0 Å². The van der Waals surface area contributed by atoms with Gasteiger partial charge < -0.3 is 4.74 Å². The standard InChI is InChI=1S/C14H15NO2/c16-14-15-12(13(15)9-10-17-14)8-4-7-11-5-2-1-3-6-11/h1-3,5-6,8,13H,4,7,9-10H2/b12-8+. The number of carbonyl (C=O) groups excluding carboxylic acids is 1. The smallest absolute Gasteiger partial charge is 0.414 e. The zero-order valence-corrected chi connectivity index (χ0v) is 9.63. The number of carbonyl (C=O) groups is 1. The molecule has 2 saturated heterocycles. The summed E-state index contributed by atoms with van der Waals surface area (Å²) in [6.45, 7) is 0.566. The Morgan fingerprint density at radius 1 is 1.35 bits per heavy atom. The highest BCUT2D eigenvalue weighted by Crippen LogP contribution is 2.39. The third kappa shape index (κ3) is 2.05. The summed E-state index contributed by atoms with van der Waals surface area (Å²) < 4.78 is 4.97. The maximum absolute atomic E-state index is 11.3. The molecule has 0 aliphatic carbocycles. The normalized spacial score (nSPS) is 24.5. The number of cyclic esters (lactones) is 1. The van der Waals surface area contributed by atoms with Crippen LogP contribution in [-0.2, 0) is 11.2 Å². The Kier molecular flexibility index (Phi) is 2.59. The highest BCUT2D eigenvalue weighted by molar-refractivity contribution is 5.77. The molecule has 2 aliphatic heterocycles. The summed E-state index contributed by atoms with van der Waals surface area (Å²) in [5.41, 5.74) is 2.49. The summed E-state index contributed by atoms with van der Waals surface area (Å²) in [5.74, 6) is 0. The lowest BCUT2D eigenvalue weighted by molar-refractivity contribution is 0.111. The van der Waals surface area contributed by atoms with Crippen molar-refractivity contribution in [2.75, 3.05) is 6.61 Å². The summed E-state index contributed by atoms with van der Waals surface area (Å²) in [6.07, 6.45) is 4.96. The van der Waals surface area contributed by atoms with E-state index in [9.17, 15) is 4.79 Å². The molecule has 2 heterocycles. The molecule has 0 saturated carbocycles. The van der Waals surface area contributed by atoms with Crippen molar-refractivity contribution in [2.24, 2.45) is 0 Å². The maximum Gasteiger partial charge on any atom is 0.414 e. The third-order valence-electron chi connectivity index (χ3n) is 3.31. The van der Waals surface area contributed by atoms with E-state index in [0.29, 0.717) is 12.6 Å². The van der Waals surface area contributed by atoms with E-state index >= 15 is 0 Å². The number of amides is 1. The fourth-order valence-electron chi connectivity index (χ4n) is 2.36. The zero-order chi connectivity index (χ0) is 11.7. The van der Waals surface area contributed by atoms with Gasteiger partial charge in [0.25, 0.3) is 0 Å². The first-order valence-electron chi connectivity index (χ1n) is 6.06. The number of ether oxygens (including phenoxy) is 1. The Labute approximate surface area is 101 Å². The fourth-order valence-corrected chi connectivity index (χ4v) is 2.36. The third-order valence-corrected chi connectivity index (χ3v) is 3.31. The highest BCUT2D eigenvalue weighted by atomic mass is 16.6. The van der Waals surface area contributed by atoms with Crippen molar-refractivity contribution < 1.29 is 9.53 Å². The van der Waals surface area contributed by atoms with Crippen LogP contribution in [0, 0.1) is 0 Å². The molecule has 1 unspecified atom stereocenters. The van der Waals surface area contributed by atoms with Gasteiger partial charge in [0, 0.05) is 12.1 Å². The minimum Gasteiger partial charge on any atom is -0.449 e. The summed E-state index contributed by atoms with van der Waals surface area (Å²) in [6, 6.07) is 10.7. The van der Waals surface area contributed by atoms with E-state index in [0.717, 1.165) is 25.0 Å². The monoisotopic (exact) mass is 229 g/mol. The highest BCUT2D eigenvalue weighted by Gasteiger charge is 2.48. The van der Waals surface area contributed by atoms with Crippen LogP contribution in [0.1, 0.15) is 18.4 Å². The van der Waals surface area contributed by atoms with Gasteiger partial charge in [0.05, 0.1) is 12.6 Å². The number of allylic oxidation sites excluding steroid dienone is 1. The van der Waals surface area contributed by atoms with Gasteiger partial charge >= 0.3 is 6.09 Å². The van der Waals surface area contributed by atoms with Crippen LogP contribution in [0.3, 0.4) is 0 Å². The molecule has 0 aromatic heterocycles. The molecule has 0 N–H and O–H groups in total. The van der Waals surface area contributed by atoms with E-state index in [1.165, 1.54) is 5.56 Å². The van der Waals surface area contributed by atoms with E-state index in [4.69, 9.17) is 4.74 Å². The van der Waals surface area contributed by atoms with Gasteiger partial charge in [-0.15, -0.1) is 0 Å². The van der Waals surface area contributed by atoms with E-state index in [2.05, 4.69) is 30.3 Å². The first kappa shape index (κ1) is 10.4. The first-order chi connectivity index (χ1) is 8.36. The molecule has 0 bridgehead atoms. The molecule has 0 spiro atoms. The summed E-state index contributed by atoms with van der Waals surface area (Å²) in [5, 5.41) is 0. The van der Waals surface area contributed by atoms with E-state index < -0.39 is 0 Å². The molecule has 1 aromatic rings. The Bertz CT molecular complexity index is 453. The first-order valence-corrected chi connectivity index (χ1v) is 6.06. The van der Waals surface area contributed by atoms with Crippen molar-refractivity contribution in [1.29, 1.82) is 0 Å². The minimum absolute atomic E-state index is 0.174. The number of aryl methyl sites for hydroxylation is 1. The van der Waals surface area contributed by atoms with Gasteiger partial charge in [-0.05, 0) is 18.4 Å². The van der Waals surface area contributed by atoms with Gasteiger partial charge in [-0.3, -0.25) is 4.90 Å². The minimum atomic E-state index is -0.174. The number of rotatable bonds is 3. The number of fused-ring (bicyclic) bond motifs is 1. The summed E-state index contributed by atoms with van der Waals surface area (Å²) in [4.78, 5) is 13.1. The van der Waals surface area contributed by atoms with Gasteiger partial charge in [0.15, 0.2) is 0 Å². The molecular weight excluding hydrogens is 214 g/mol. The molecule has 3 rings (SSSR count). The van der Waals surface area contributed by atoms with Crippen LogP contribution < -0.4 is 0 Å². The Morgan fingerprint density at radius 2 is 2.18 bits per heavy atom. The average Bonchev–Trinajstić information content (AvgIpc) is 3.06. The van der Waals surface area contributed by atoms with Gasteiger partial charge in [-0.2, -0.15) is 0 Å². The lowest BCUT2D eigenvalue weighted by Crippen LogP contribution is -2.22. The van der Waals surface area contributed by atoms with Crippen molar-refractivity contribution in [3.05, 3.63) is 47.7 Å². The molecule has 1 aromatic carbocycles. The van der Waals surface area contributed by atoms with Crippen LogP contribution in [0.4, 0.5) is 4.79 Å². The SMILES string of the molecule is O=C1OCCC2/C(=C\CCc3ccccc3)N12. The second-order valence-corrected chi connectivity index (χ2v) is 4.44. The quantitative estimate of drug-likeness (QED) is 0.746. The lowest BCUT2D eigenvalue weighted by atomic mass is 10.1. The predicted molar refractivity (Wildman–Crippen MR) is 64.4 cm³/mol. The number of benzene rings is 1. The largest absolute Gasteiger partial charge is 0.449 e. The fraction of sp³-hybridized carbons (Fsp3) is 0.357. The number of nitrogens with zero attached hydrogens (tertiary/aromatic N) is 1. The van der Waals surface area contributed by atoms with Gasteiger partial charge in [-0.1, -0.05) is 36.4 Å². The van der Waals surface area contributed by atoms with E-state index in [1.54, 1.807) is 4.90 Å².